The molecule has 0 bridgehead atoms. The molecule has 1 aromatic heterocycles. The molecule has 8 nitrogen and oxygen atoms in total. The summed E-state index contributed by atoms with van der Waals surface area (Å²) in [5.74, 6) is 0.863. The van der Waals surface area contributed by atoms with E-state index in [1.807, 2.05) is 36.1 Å². The second kappa shape index (κ2) is 8.77. The van der Waals surface area contributed by atoms with E-state index in [9.17, 15) is 9.59 Å². The smallest absolute Gasteiger partial charge is 0.243 e. The molecule has 29 heavy (non-hydrogen) atoms. The first-order valence-corrected chi connectivity index (χ1v) is 10.9. The Morgan fingerprint density at radius 1 is 1.24 bits per heavy atom. The van der Waals surface area contributed by atoms with E-state index in [0.717, 1.165) is 37.1 Å². The molecule has 2 amide bonds. The summed E-state index contributed by atoms with van der Waals surface area (Å²) in [5.41, 5.74) is 0.956. The van der Waals surface area contributed by atoms with Crippen LogP contribution in [0.1, 0.15) is 38.2 Å². The van der Waals surface area contributed by atoms with Gasteiger partial charge in [-0.05, 0) is 32.3 Å². The van der Waals surface area contributed by atoms with Gasteiger partial charge in [-0.1, -0.05) is 29.5 Å². The van der Waals surface area contributed by atoms with Crippen LogP contribution in [0.15, 0.2) is 24.3 Å². The van der Waals surface area contributed by atoms with Crippen LogP contribution in [0, 0.1) is 0 Å². The summed E-state index contributed by atoms with van der Waals surface area (Å²) < 4.78 is 5.63. The quantitative estimate of drug-likeness (QED) is 0.747. The first-order chi connectivity index (χ1) is 14.2. The summed E-state index contributed by atoms with van der Waals surface area (Å²) in [6, 6.07) is 7.46. The lowest BCUT2D eigenvalue weighted by molar-refractivity contribution is -0.122. The topological polar surface area (TPSA) is 87.7 Å². The van der Waals surface area contributed by atoms with Gasteiger partial charge in [0.05, 0.1) is 6.61 Å². The van der Waals surface area contributed by atoms with E-state index in [1.165, 1.54) is 11.3 Å². The number of nitrogens with zero attached hydrogens (tertiary/aromatic N) is 4. The van der Waals surface area contributed by atoms with E-state index in [0.29, 0.717) is 36.4 Å². The molecule has 0 aliphatic carbocycles. The van der Waals surface area contributed by atoms with Crippen molar-refractivity contribution in [1.29, 1.82) is 0 Å². The first-order valence-electron chi connectivity index (χ1n) is 10.1. The third-order valence-corrected chi connectivity index (χ3v) is 6.22. The fourth-order valence-corrected chi connectivity index (χ4v) is 4.76. The summed E-state index contributed by atoms with van der Waals surface area (Å²) in [4.78, 5) is 28.5. The van der Waals surface area contributed by atoms with E-state index >= 15 is 0 Å². The predicted octanol–water partition coefficient (Wildman–Crippen LogP) is 2.35. The highest BCUT2D eigenvalue weighted by Gasteiger charge is 2.34. The van der Waals surface area contributed by atoms with Crippen molar-refractivity contribution in [2.45, 2.75) is 45.2 Å². The molecule has 9 heteroatoms. The van der Waals surface area contributed by atoms with Crippen LogP contribution in [-0.4, -0.2) is 47.7 Å². The highest BCUT2D eigenvalue weighted by atomic mass is 32.1. The number of aromatic nitrogens is 2. The zero-order valence-electron chi connectivity index (χ0n) is 16.5. The fraction of sp³-hybridized carbons (Fsp3) is 0.500. The Labute approximate surface area is 173 Å². The third-order valence-electron chi connectivity index (χ3n) is 5.23. The zero-order chi connectivity index (χ0) is 20.2. The maximum atomic E-state index is 12.9. The molecule has 1 atom stereocenters. The van der Waals surface area contributed by atoms with Gasteiger partial charge in [-0.3, -0.25) is 14.5 Å². The van der Waals surface area contributed by atoms with Crippen LogP contribution in [0.3, 0.4) is 0 Å². The lowest BCUT2D eigenvalue weighted by atomic mass is 10.1. The number of rotatable bonds is 7. The van der Waals surface area contributed by atoms with Crippen LogP contribution in [-0.2, 0) is 16.1 Å². The van der Waals surface area contributed by atoms with Crippen LogP contribution in [0.4, 0.5) is 10.3 Å². The molecule has 4 rings (SSSR count). The van der Waals surface area contributed by atoms with Crippen LogP contribution >= 0.6 is 11.3 Å². The van der Waals surface area contributed by atoms with Gasteiger partial charge in [0, 0.05) is 31.6 Å². The fourth-order valence-electron chi connectivity index (χ4n) is 3.80. The number of hydrogen-bond acceptors (Lipinski definition) is 7. The Balaban J connectivity index is 1.41. The molecule has 0 spiro atoms. The van der Waals surface area contributed by atoms with Gasteiger partial charge in [0.15, 0.2) is 0 Å². The normalized spacial score (nSPS) is 19.1. The molecule has 0 radical (unpaired) electrons. The standard InChI is InChI=1S/C20H25N5O3S/c1-2-28-16-9-4-3-7-14(16)13-21-18(27)15-8-5-11-24(15)19-22-23-20(29-19)25-12-6-10-17(25)26/h3-4,7,9,15H,2,5-6,8,10-13H2,1H3,(H,21,27)/t15-/m0/s1. The van der Waals surface area contributed by atoms with Crippen molar-refractivity contribution in [3.8, 4) is 5.75 Å². The summed E-state index contributed by atoms with van der Waals surface area (Å²) in [7, 11) is 0. The summed E-state index contributed by atoms with van der Waals surface area (Å²) in [5, 5.41) is 12.8. The van der Waals surface area contributed by atoms with Gasteiger partial charge in [-0.25, -0.2) is 0 Å². The minimum atomic E-state index is -0.274. The van der Waals surface area contributed by atoms with Crippen LogP contribution in [0.2, 0.25) is 0 Å². The Kier molecular flexibility index (Phi) is 5.94. The largest absolute Gasteiger partial charge is 0.494 e. The van der Waals surface area contributed by atoms with Crippen molar-refractivity contribution in [2.75, 3.05) is 29.5 Å². The average molecular weight is 416 g/mol. The van der Waals surface area contributed by atoms with E-state index < -0.39 is 0 Å². The highest BCUT2D eigenvalue weighted by molar-refractivity contribution is 7.19. The number of anilines is 2. The van der Waals surface area contributed by atoms with Crippen LogP contribution in [0.25, 0.3) is 0 Å². The van der Waals surface area contributed by atoms with Gasteiger partial charge in [-0.15, -0.1) is 10.2 Å². The molecular formula is C20H25N5O3S. The average Bonchev–Trinajstić information content (AvgIpc) is 3.47. The molecule has 3 heterocycles. The van der Waals surface area contributed by atoms with Gasteiger partial charge >= 0.3 is 0 Å². The van der Waals surface area contributed by atoms with E-state index in [2.05, 4.69) is 15.5 Å². The van der Waals surface area contributed by atoms with Crippen LogP contribution in [0.5, 0.6) is 5.75 Å². The molecule has 0 saturated carbocycles. The number of carbonyl (C=O) groups excluding carboxylic acids is 2. The zero-order valence-corrected chi connectivity index (χ0v) is 17.3. The molecule has 1 N–H and O–H groups in total. The van der Waals surface area contributed by atoms with Crippen molar-refractivity contribution in [3.63, 3.8) is 0 Å². The Morgan fingerprint density at radius 2 is 2.07 bits per heavy atom. The van der Waals surface area contributed by atoms with Gasteiger partial charge in [-0.2, -0.15) is 0 Å². The molecule has 2 aliphatic heterocycles. The number of carbonyl (C=O) groups is 2. The summed E-state index contributed by atoms with van der Waals surface area (Å²) >= 11 is 1.38. The second-order valence-electron chi connectivity index (χ2n) is 7.13. The minimum absolute atomic E-state index is 0.0252. The highest BCUT2D eigenvalue weighted by Crippen LogP contribution is 2.33. The lowest BCUT2D eigenvalue weighted by Crippen LogP contribution is -2.43. The van der Waals surface area contributed by atoms with Gasteiger partial charge in [0.25, 0.3) is 0 Å². The maximum absolute atomic E-state index is 12.9. The Hall–Kier alpha value is -2.68. The lowest BCUT2D eigenvalue weighted by Gasteiger charge is -2.23. The third kappa shape index (κ3) is 4.19. The van der Waals surface area contributed by atoms with Crippen molar-refractivity contribution in [1.82, 2.24) is 15.5 Å². The number of hydrogen-bond donors (Lipinski definition) is 1. The first kappa shape index (κ1) is 19.6. The molecule has 2 saturated heterocycles. The SMILES string of the molecule is CCOc1ccccc1CNC(=O)[C@@H]1CCCN1c1nnc(N2CCCC2=O)s1. The number of amides is 2. The summed E-state index contributed by atoms with van der Waals surface area (Å²) in [6.45, 7) is 4.40. The number of para-hydroxylation sites is 1. The monoisotopic (exact) mass is 415 g/mol. The molecule has 154 valence electrons. The molecule has 2 fully saturated rings. The number of nitrogens with one attached hydrogen (secondary N) is 1. The van der Waals surface area contributed by atoms with Crippen molar-refractivity contribution in [3.05, 3.63) is 29.8 Å². The predicted molar refractivity (Wildman–Crippen MR) is 111 cm³/mol. The molecule has 0 unspecified atom stereocenters. The summed E-state index contributed by atoms with van der Waals surface area (Å²) in [6.07, 6.45) is 3.11. The van der Waals surface area contributed by atoms with E-state index in [-0.39, 0.29) is 17.9 Å². The number of benzene rings is 1. The van der Waals surface area contributed by atoms with Crippen LogP contribution < -0.4 is 19.9 Å². The number of ether oxygens (including phenoxy) is 1. The van der Waals surface area contributed by atoms with Crippen molar-refractivity contribution >= 4 is 33.4 Å². The molecular weight excluding hydrogens is 390 g/mol. The van der Waals surface area contributed by atoms with Gasteiger partial charge in [0.1, 0.15) is 11.8 Å². The maximum Gasteiger partial charge on any atom is 0.243 e. The van der Waals surface area contributed by atoms with E-state index in [1.54, 1.807) is 4.90 Å². The molecule has 2 aliphatic rings. The molecule has 1 aromatic carbocycles. The van der Waals surface area contributed by atoms with E-state index in [4.69, 9.17) is 4.74 Å². The Bertz CT molecular complexity index is 887. The minimum Gasteiger partial charge on any atom is -0.494 e. The second-order valence-corrected chi connectivity index (χ2v) is 8.06. The van der Waals surface area contributed by atoms with Crippen molar-refractivity contribution in [2.24, 2.45) is 0 Å². The molecule has 2 aromatic rings. The van der Waals surface area contributed by atoms with Crippen molar-refractivity contribution < 1.29 is 14.3 Å². The van der Waals surface area contributed by atoms with Gasteiger partial charge < -0.3 is 15.0 Å². The Morgan fingerprint density at radius 3 is 2.86 bits per heavy atom. The van der Waals surface area contributed by atoms with Gasteiger partial charge in [0.2, 0.25) is 22.1 Å².